The van der Waals surface area contributed by atoms with Gasteiger partial charge in [0.05, 0.1) is 18.0 Å². The predicted octanol–water partition coefficient (Wildman–Crippen LogP) is -1.57. The molecule has 0 amide bonds. The van der Waals surface area contributed by atoms with E-state index in [0.29, 0.717) is 12.0 Å². The minimum atomic E-state index is -1.17. The number of H-pyrrole nitrogens is 1. The van der Waals surface area contributed by atoms with Crippen molar-refractivity contribution in [3.05, 3.63) is 32.6 Å². The second-order valence-corrected chi connectivity index (χ2v) is 5.76. The zero-order valence-electron chi connectivity index (χ0n) is 10.3. The van der Waals surface area contributed by atoms with Gasteiger partial charge in [0.1, 0.15) is 11.5 Å². The van der Waals surface area contributed by atoms with E-state index >= 15 is 0 Å². The topological polar surface area (TPSA) is 116 Å². The molecule has 8 heteroatoms. The van der Waals surface area contributed by atoms with E-state index in [0.717, 1.165) is 11.8 Å². The maximum Gasteiger partial charge on any atom is 0.329 e. The van der Waals surface area contributed by atoms with Gasteiger partial charge in [-0.3, -0.25) is 14.3 Å². The van der Waals surface area contributed by atoms with Crippen molar-refractivity contribution in [1.82, 2.24) is 9.55 Å². The lowest BCUT2D eigenvalue weighted by Crippen LogP contribution is -2.38. The van der Waals surface area contributed by atoms with Gasteiger partial charge in [0.25, 0.3) is 5.56 Å². The van der Waals surface area contributed by atoms with Crippen LogP contribution in [-0.2, 0) is 6.42 Å². The normalized spacial score (nSPS) is 30.7. The Morgan fingerprint density at radius 3 is 2.58 bits per heavy atom. The lowest BCUT2D eigenvalue weighted by molar-refractivity contribution is 0.0101. The number of nitrogens with zero attached hydrogens (tertiary/aromatic N) is 1. The van der Waals surface area contributed by atoms with Gasteiger partial charge >= 0.3 is 5.69 Å². The summed E-state index contributed by atoms with van der Waals surface area (Å²) in [6, 6.07) is 0. The summed E-state index contributed by atoms with van der Waals surface area (Å²) in [5.41, 5.74) is -0.653. The van der Waals surface area contributed by atoms with Crippen LogP contribution in [0.1, 0.15) is 17.9 Å². The highest BCUT2D eigenvalue weighted by molar-refractivity contribution is 8.00. The highest BCUT2D eigenvalue weighted by atomic mass is 32.2. The Kier molecular flexibility index (Phi) is 4.14. The van der Waals surface area contributed by atoms with Crippen LogP contribution in [0.2, 0.25) is 0 Å². The van der Waals surface area contributed by atoms with Crippen molar-refractivity contribution in [1.29, 1.82) is 0 Å². The van der Waals surface area contributed by atoms with E-state index in [2.05, 4.69) is 4.98 Å². The SMILES string of the molecule is CCc1cn([C@@H]2S[C@H](CO)[C@@H](O)[C@@H]2O)c(=O)[nH]c1=O. The van der Waals surface area contributed by atoms with E-state index < -0.39 is 34.1 Å². The maximum absolute atomic E-state index is 11.8. The fourth-order valence-electron chi connectivity index (χ4n) is 2.08. The number of nitrogens with one attached hydrogen (secondary N) is 1. The summed E-state index contributed by atoms with van der Waals surface area (Å²) < 4.78 is 1.20. The Labute approximate surface area is 112 Å². The first-order valence-corrected chi connectivity index (χ1v) is 6.90. The molecule has 1 saturated heterocycles. The highest BCUT2D eigenvalue weighted by Crippen LogP contribution is 2.40. The molecule has 0 aliphatic carbocycles. The van der Waals surface area contributed by atoms with Crippen LogP contribution < -0.4 is 11.2 Å². The van der Waals surface area contributed by atoms with Crippen LogP contribution in [0.15, 0.2) is 15.8 Å². The number of hydrogen-bond donors (Lipinski definition) is 4. The molecule has 4 N–H and O–H groups in total. The predicted molar refractivity (Wildman–Crippen MR) is 70.2 cm³/mol. The highest BCUT2D eigenvalue weighted by Gasteiger charge is 2.43. The zero-order chi connectivity index (χ0) is 14.2. The summed E-state index contributed by atoms with van der Waals surface area (Å²) in [5.74, 6) is 0. The number of aliphatic hydroxyl groups is 3. The summed E-state index contributed by atoms with van der Waals surface area (Å²) in [6.07, 6.45) is -0.428. The average molecular weight is 288 g/mol. The third kappa shape index (κ3) is 2.48. The first-order chi connectivity index (χ1) is 8.99. The number of rotatable bonds is 3. The molecule has 0 radical (unpaired) electrons. The molecule has 19 heavy (non-hydrogen) atoms. The van der Waals surface area contributed by atoms with Crippen LogP contribution in [0.4, 0.5) is 0 Å². The molecule has 1 fully saturated rings. The van der Waals surface area contributed by atoms with Gasteiger partial charge < -0.3 is 15.3 Å². The van der Waals surface area contributed by atoms with E-state index in [1.807, 2.05) is 0 Å². The van der Waals surface area contributed by atoms with Gasteiger partial charge in [-0.05, 0) is 6.42 Å². The van der Waals surface area contributed by atoms with Gasteiger partial charge in [0, 0.05) is 11.8 Å². The van der Waals surface area contributed by atoms with Crippen LogP contribution in [0, 0.1) is 0 Å². The second-order valence-electron chi connectivity index (χ2n) is 4.40. The zero-order valence-corrected chi connectivity index (χ0v) is 11.1. The van der Waals surface area contributed by atoms with Crippen molar-refractivity contribution in [2.24, 2.45) is 0 Å². The van der Waals surface area contributed by atoms with E-state index in [-0.39, 0.29) is 6.61 Å². The van der Waals surface area contributed by atoms with Gasteiger partial charge in [-0.1, -0.05) is 6.92 Å². The third-order valence-electron chi connectivity index (χ3n) is 3.21. The Morgan fingerprint density at radius 2 is 2.05 bits per heavy atom. The number of aromatic amines is 1. The van der Waals surface area contributed by atoms with Gasteiger partial charge in [0.2, 0.25) is 0 Å². The molecule has 0 aromatic carbocycles. The van der Waals surface area contributed by atoms with Gasteiger partial charge in [-0.25, -0.2) is 4.79 Å². The minimum absolute atomic E-state index is 0.294. The molecule has 0 spiro atoms. The maximum atomic E-state index is 11.8. The standard InChI is InChI=1S/C11H16N2O5S/c1-2-5-3-13(11(18)12-9(5)17)10-8(16)7(15)6(4-14)19-10/h3,6-8,10,14-16H,2,4H2,1H3,(H,12,17,18)/t6-,7-,8+,10-/m1/s1. The molecule has 4 atom stereocenters. The van der Waals surface area contributed by atoms with Crippen LogP contribution >= 0.6 is 11.8 Å². The fraction of sp³-hybridized carbons (Fsp3) is 0.636. The molecule has 0 bridgehead atoms. The molecule has 1 aliphatic rings. The second kappa shape index (κ2) is 5.49. The monoisotopic (exact) mass is 288 g/mol. The number of hydrogen-bond acceptors (Lipinski definition) is 6. The molecular formula is C11H16N2O5S. The first-order valence-electron chi connectivity index (χ1n) is 5.96. The van der Waals surface area contributed by atoms with Crippen LogP contribution in [0.5, 0.6) is 0 Å². The van der Waals surface area contributed by atoms with Crippen molar-refractivity contribution in [3.8, 4) is 0 Å². The Hall–Kier alpha value is -1.09. The van der Waals surface area contributed by atoms with Crippen LogP contribution in [0.3, 0.4) is 0 Å². The summed E-state index contributed by atoms with van der Waals surface area (Å²) in [5, 5.41) is 27.5. The summed E-state index contributed by atoms with van der Waals surface area (Å²) in [7, 11) is 0. The smallest absolute Gasteiger partial charge is 0.329 e. The molecular weight excluding hydrogens is 272 g/mol. The number of aryl methyl sites for hydroxylation is 1. The number of aliphatic hydroxyl groups excluding tert-OH is 3. The molecule has 2 heterocycles. The quantitative estimate of drug-likeness (QED) is 0.534. The fourth-order valence-corrected chi connectivity index (χ4v) is 3.45. The lowest BCUT2D eigenvalue weighted by atomic mass is 10.1. The third-order valence-corrected chi connectivity index (χ3v) is 4.78. The summed E-state index contributed by atoms with van der Waals surface area (Å²) >= 11 is 1.11. The van der Waals surface area contributed by atoms with Crippen molar-refractivity contribution >= 4 is 11.8 Å². The Balaban J connectivity index is 2.43. The molecule has 1 aromatic rings. The molecule has 2 rings (SSSR count). The molecule has 7 nitrogen and oxygen atoms in total. The van der Waals surface area contributed by atoms with Crippen molar-refractivity contribution in [2.75, 3.05) is 6.61 Å². The molecule has 1 aromatic heterocycles. The van der Waals surface area contributed by atoms with Crippen molar-refractivity contribution in [2.45, 2.75) is 36.2 Å². The Bertz CT molecular complexity index is 569. The first kappa shape index (κ1) is 14.3. The van der Waals surface area contributed by atoms with Crippen molar-refractivity contribution in [3.63, 3.8) is 0 Å². The van der Waals surface area contributed by atoms with E-state index in [4.69, 9.17) is 5.11 Å². The van der Waals surface area contributed by atoms with E-state index in [1.165, 1.54) is 10.8 Å². The van der Waals surface area contributed by atoms with E-state index in [9.17, 15) is 19.8 Å². The summed E-state index contributed by atoms with van der Waals surface area (Å²) in [6.45, 7) is 1.49. The van der Waals surface area contributed by atoms with Crippen molar-refractivity contribution < 1.29 is 15.3 Å². The molecule has 0 unspecified atom stereocenters. The largest absolute Gasteiger partial charge is 0.395 e. The van der Waals surface area contributed by atoms with Gasteiger partial charge in [0.15, 0.2) is 0 Å². The van der Waals surface area contributed by atoms with Crippen LogP contribution in [0.25, 0.3) is 0 Å². The number of thioether (sulfide) groups is 1. The molecule has 1 aliphatic heterocycles. The average Bonchev–Trinajstić information content (AvgIpc) is 2.67. The van der Waals surface area contributed by atoms with Gasteiger partial charge in [-0.15, -0.1) is 11.8 Å². The van der Waals surface area contributed by atoms with Gasteiger partial charge in [-0.2, -0.15) is 0 Å². The number of aromatic nitrogens is 2. The Morgan fingerprint density at radius 1 is 1.37 bits per heavy atom. The minimum Gasteiger partial charge on any atom is -0.395 e. The van der Waals surface area contributed by atoms with Crippen LogP contribution in [-0.4, -0.2) is 48.9 Å². The van der Waals surface area contributed by atoms with E-state index in [1.54, 1.807) is 6.92 Å². The molecule has 0 saturated carbocycles. The lowest BCUT2D eigenvalue weighted by Gasteiger charge is -2.18. The summed E-state index contributed by atoms with van der Waals surface area (Å²) in [4.78, 5) is 25.4. The molecule has 106 valence electrons.